The number of amides is 2. The maximum Gasteiger partial charge on any atom is 0.271 e. The Morgan fingerprint density at radius 3 is 2.58 bits per heavy atom. The van der Waals surface area contributed by atoms with Gasteiger partial charge < -0.3 is 10.6 Å². The van der Waals surface area contributed by atoms with Gasteiger partial charge in [0.15, 0.2) is 0 Å². The van der Waals surface area contributed by atoms with Gasteiger partial charge in [0.25, 0.3) is 5.91 Å². The summed E-state index contributed by atoms with van der Waals surface area (Å²) < 4.78 is 0. The largest absolute Gasteiger partial charge is 0.352 e. The SMILES string of the molecule is CC1=CC(CNC(=O)c2cnccn2)C(C(C)C)CC1CC(=O)NCc1ccc(C#N)cc1. The summed E-state index contributed by atoms with van der Waals surface area (Å²) in [5.74, 6) is 0.994. The van der Waals surface area contributed by atoms with Crippen LogP contribution < -0.4 is 10.6 Å². The molecule has 33 heavy (non-hydrogen) atoms. The van der Waals surface area contributed by atoms with Gasteiger partial charge in [-0.25, -0.2) is 4.98 Å². The van der Waals surface area contributed by atoms with E-state index >= 15 is 0 Å². The van der Waals surface area contributed by atoms with Crippen molar-refractivity contribution >= 4 is 11.8 Å². The van der Waals surface area contributed by atoms with Crippen LogP contribution in [0.15, 0.2) is 54.5 Å². The van der Waals surface area contributed by atoms with Gasteiger partial charge >= 0.3 is 0 Å². The lowest BCUT2D eigenvalue weighted by Gasteiger charge is -2.37. The summed E-state index contributed by atoms with van der Waals surface area (Å²) in [6.45, 7) is 7.45. The number of allylic oxidation sites excluding steroid dienone is 1. The van der Waals surface area contributed by atoms with Crippen molar-refractivity contribution in [1.29, 1.82) is 5.26 Å². The minimum atomic E-state index is -0.221. The van der Waals surface area contributed by atoms with Gasteiger partial charge in [-0.15, -0.1) is 0 Å². The second kappa shape index (κ2) is 11.4. The molecule has 3 atom stereocenters. The van der Waals surface area contributed by atoms with E-state index in [1.165, 1.54) is 18.0 Å². The molecule has 1 aromatic heterocycles. The highest BCUT2D eigenvalue weighted by atomic mass is 16.2. The van der Waals surface area contributed by atoms with Crippen molar-refractivity contribution in [3.63, 3.8) is 0 Å². The van der Waals surface area contributed by atoms with E-state index in [1.807, 2.05) is 12.1 Å². The van der Waals surface area contributed by atoms with Gasteiger partial charge in [-0.3, -0.25) is 14.6 Å². The molecule has 2 amide bonds. The van der Waals surface area contributed by atoms with Gasteiger partial charge in [-0.2, -0.15) is 5.26 Å². The van der Waals surface area contributed by atoms with Gasteiger partial charge in [-0.05, 0) is 54.7 Å². The van der Waals surface area contributed by atoms with Crippen molar-refractivity contribution < 1.29 is 9.59 Å². The first-order chi connectivity index (χ1) is 15.9. The maximum absolute atomic E-state index is 12.6. The first-order valence-electron chi connectivity index (χ1n) is 11.4. The fourth-order valence-corrected chi connectivity index (χ4v) is 4.42. The lowest BCUT2D eigenvalue weighted by Crippen LogP contribution is -2.38. The zero-order valence-electron chi connectivity index (χ0n) is 19.4. The third kappa shape index (κ3) is 6.72. The van der Waals surface area contributed by atoms with Crippen LogP contribution in [0, 0.1) is 35.0 Å². The summed E-state index contributed by atoms with van der Waals surface area (Å²) in [6.07, 6.45) is 8.09. The molecule has 2 N–H and O–H groups in total. The van der Waals surface area contributed by atoms with Gasteiger partial charge in [0, 0.05) is 31.9 Å². The summed E-state index contributed by atoms with van der Waals surface area (Å²) in [5.41, 5.74) is 3.08. The van der Waals surface area contributed by atoms with Crippen LogP contribution in [0.25, 0.3) is 0 Å². The van der Waals surface area contributed by atoms with Gasteiger partial charge in [-0.1, -0.05) is 37.6 Å². The van der Waals surface area contributed by atoms with Crippen molar-refractivity contribution in [3.05, 3.63) is 71.3 Å². The van der Waals surface area contributed by atoms with Gasteiger partial charge in [0.2, 0.25) is 5.91 Å². The molecule has 1 heterocycles. The molecule has 7 nitrogen and oxygen atoms in total. The van der Waals surface area contributed by atoms with Crippen molar-refractivity contribution in [1.82, 2.24) is 20.6 Å². The molecule has 0 saturated carbocycles. The van der Waals surface area contributed by atoms with E-state index < -0.39 is 0 Å². The molecule has 0 bridgehead atoms. The summed E-state index contributed by atoms with van der Waals surface area (Å²) in [7, 11) is 0. The Kier molecular flexibility index (Phi) is 8.31. The third-order valence-electron chi connectivity index (χ3n) is 6.38. The summed E-state index contributed by atoms with van der Waals surface area (Å²) in [6, 6.07) is 9.33. The molecule has 0 saturated heterocycles. The zero-order valence-corrected chi connectivity index (χ0v) is 19.4. The molecule has 7 heteroatoms. The molecule has 3 unspecified atom stereocenters. The predicted octanol–water partition coefficient (Wildman–Crippen LogP) is 3.64. The van der Waals surface area contributed by atoms with Crippen LogP contribution in [-0.4, -0.2) is 28.3 Å². The normalized spacial score (nSPS) is 20.0. The minimum absolute atomic E-state index is 0.0222. The van der Waals surface area contributed by atoms with Crippen LogP contribution >= 0.6 is 0 Å². The second-order valence-electron chi connectivity index (χ2n) is 9.01. The van der Waals surface area contributed by atoms with E-state index in [4.69, 9.17) is 5.26 Å². The molecular formula is C26H31N5O2. The Bertz CT molecular complexity index is 1020. The maximum atomic E-state index is 12.6. The molecule has 0 radical (unpaired) electrons. The summed E-state index contributed by atoms with van der Waals surface area (Å²) in [4.78, 5) is 33.0. The summed E-state index contributed by atoms with van der Waals surface area (Å²) in [5, 5.41) is 14.9. The van der Waals surface area contributed by atoms with Crippen LogP contribution in [0.4, 0.5) is 0 Å². The average molecular weight is 446 g/mol. The molecule has 1 aromatic carbocycles. The Morgan fingerprint density at radius 1 is 1.18 bits per heavy atom. The molecule has 3 rings (SSSR count). The number of hydrogen-bond acceptors (Lipinski definition) is 5. The number of aromatic nitrogens is 2. The predicted molar refractivity (Wildman–Crippen MR) is 126 cm³/mol. The van der Waals surface area contributed by atoms with Crippen molar-refractivity contribution in [2.24, 2.45) is 23.7 Å². The van der Waals surface area contributed by atoms with E-state index in [1.54, 1.807) is 18.3 Å². The van der Waals surface area contributed by atoms with Gasteiger partial charge in [0.05, 0.1) is 17.8 Å². The Balaban J connectivity index is 1.57. The van der Waals surface area contributed by atoms with E-state index in [2.05, 4.69) is 53.5 Å². The fraction of sp³-hybridized carbons (Fsp3) is 0.423. The van der Waals surface area contributed by atoms with Gasteiger partial charge in [0.1, 0.15) is 5.69 Å². The number of hydrogen-bond donors (Lipinski definition) is 2. The van der Waals surface area contributed by atoms with E-state index in [0.717, 1.165) is 12.0 Å². The lowest BCUT2D eigenvalue weighted by atomic mass is 9.69. The third-order valence-corrected chi connectivity index (χ3v) is 6.38. The number of carbonyl (C=O) groups excluding carboxylic acids is 2. The second-order valence-corrected chi connectivity index (χ2v) is 9.01. The molecular weight excluding hydrogens is 414 g/mol. The number of nitriles is 1. The molecule has 2 aromatic rings. The molecule has 0 fully saturated rings. The molecule has 1 aliphatic carbocycles. The first kappa shape index (κ1) is 24.1. The van der Waals surface area contributed by atoms with E-state index in [-0.39, 0.29) is 23.7 Å². The van der Waals surface area contributed by atoms with Crippen LogP contribution in [0.1, 0.15) is 55.2 Å². The van der Waals surface area contributed by atoms with Crippen molar-refractivity contribution in [3.8, 4) is 6.07 Å². The Morgan fingerprint density at radius 2 is 1.94 bits per heavy atom. The Labute approximate surface area is 195 Å². The number of carbonyl (C=O) groups is 2. The smallest absolute Gasteiger partial charge is 0.271 e. The van der Waals surface area contributed by atoms with E-state index in [9.17, 15) is 9.59 Å². The number of benzene rings is 1. The monoisotopic (exact) mass is 445 g/mol. The highest BCUT2D eigenvalue weighted by Crippen LogP contribution is 2.38. The first-order valence-corrected chi connectivity index (χ1v) is 11.4. The highest BCUT2D eigenvalue weighted by molar-refractivity contribution is 5.91. The number of rotatable bonds is 8. The molecule has 172 valence electrons. The molecule has 1 aliphatic rings. The quantitative estimate of drug-likeness (QED) is 0.603. The van der Waals surface area contributed by atoms with Crippen LogP contribution in [0.3, 0.4) is 0 Å². The zero-order chi connectivity index (χ0) is 23.8. The number of nitrogens with one attached hydrogen (secondary N) is 2. The Hall–Kier alpha value is -3.53. The van der Waals surface area contributed by atoms with Crippen molar-refractivity contribution in [2.75, 3.05) is 6.54 Å². The van der Waals surface area contributed by atoms with E-state index in [0.29, 0.717) is 42.6 Å². The topological polar surface area (TPSA) is 108 Å². The number of nitrogens with zero attached hydrogens (tertiary/aromatic N) is 3. The van der Waals surface area contributed by atoms with Crippen molar-refractivity contribution in [2.45, 2.75) is 40.2 Å². The average Bonchev–Trinajstić information content (AvgIpc) is 2.83. The lowest BCUT2D eigenvalue weighted by molar-refractivity contribution is -0.122. The van der Waals surface area contributed by atoms with Crippen LogP contribution in [-0.2, 0) is 11.3 Å². The van der Waals surface area contributed by atoms with Crippen LogP contribution in [0.2, 0.25) is 0 Å². The standard InChI is InChI=1S/C26H31N5O2/c1-17(2)23-11-21(12-25(32)30-14-20-6-4-19(13-27)5-7-20)18(3)10-22(23)15-31-26(33)24-16-28-8-9-29-24/h4-10,16-17,21-23H,11-12,14-15H2,1-3H3,(H,30,32)(H,31,33). The fourth-order valence-electron chi connectivity index (χ4n) is 4.42. The minimum Gasteiger partial charge on any atom is -0.352 e. The highest BCUT2D eigenvalue weighted by Gasteiger charge is 2.32. The van der Waals surface area contributed by atoms with Crippen LogP contribution in [0.5, 0.6) is 0 Å². The molecule has 0 aliphatic heterocycles. The molecule has 0 spiro atoms. The summed E-state index contributed by atoms with van der Waals surface area (Å²) >= 11 is 0.